The van der Waals surface area contributed by atoms with Crippen LogP contribution < -0.4 is 5.32 Å². The Morgan fingerprint density at radius 2 is 2.00 bits per heavy atom. The van der Waals surface area contributed by atoms with E-state index in [0.717, 1.165) is 42.5 Å². The summed E-state index contributed by atoms with van der Waals surface area (Å²) >= 11 is 1.67. The summed E-state index contributed by atoms with van der Waals surface area (Å²) in [7, 11) is 4.19. The van der Waals surface area contributed by atoms with Crippen LogP contribution in [-0.4, -0.2) is 47.8 Å². The second kappa shape index (κ2) is 8.44. The van der Waals surface area contributed by atoms with Gasteiger partial charge in [0.15, 0.2) is 5.16 Å². The standard InChI is InChI=1S/C12H22N4S/c1-4-17-12-14-9-11(10-15-12)8-13-6-5-7-16(2)3/h9-10,13H,4-8H2,1-3H3. The van der Waals surface area contributed by atoms with Crippen LogP contribution in [-0.2, 0) is 6.54 Å². The van der Waals surface area contributed by atoms with Gasteiger partial charge in [-0.15, -0.1) is 0 Å². The van der Waals surface area contributed by atoms with Gasteiger partial charge in [-0.2, -0.15) is 0 Å². The molecule has 0 amide bonds. The number of hydrogen-bond acceptors (Lipinski definition) is 5. The third kappa shape index (κ3) is 6.61. The van der Waals surface area contributed by atoms with E-state index in [0.29, 0.717) is 0 Å². The van der Waals surface area contributed by atoms with E-state index in [2.05, 4.69) is 41.2 Å². The average molecular weight is 254 g/mol. The third-order valence-corrected chi connectivity index (χ3v) is 3.00. The number of rotatable bonds is 8. The molecule has 0 atom stereocenters. The van der Waals surface area contributed by atoms with E-state index in [1.54, 1.807) is 11.8 Å². The highest BCUT2D eigenvalue weighted by Crippen LogP contribution is 2.10. The minimum absolute atomic E-state index is 0.852. The summed E-state index contributed by atoms with van der Waals surface area (Å²) in [5.74, 6) is 1.02. The van der Waals surface area contributed by atoms with E-state index in [4.69, 9.17) is 0 Å². The smallest absolute Gasteiger partial charge is 0.187 e. The molecule has 4 nitrogen and oxygen atoms in total. The van der Waals surface area contributed by atoms with Crippen molar-refractivity contribution in [3.8, 4) is 0 Å². The lowest BCUT2D eigenvalue weighted by Crippen LogP contribution is -2.21. The molecule has 0 bridgehead atoms. The van der Waals surface area contributed by atoms with E-state index < -0.39 is 0 Å². The molecular weight excluding hydrogens is 232 g/mol. The molecule has 0 aromatic carbocycles. The van der Waals surface area contributed by atoms with Gasteiger partial charge in [-0.05, 0) is 39.4 Å². The fourth-order valence-electron chi connectivity index (χ4n) is 1.39. The van der Waals surface area contributed by atoms with Crippen molar-refractivity contribution in [3.05, 3.63) is 18.0 Å². The summed E-state index contributed by atoms with van der Waals surface area (Å²) in [5.41, 5.74) is 1.15. The van der Waals surface area contributed by atoms with Crippen molar-refractivity contribution in [3.63, 3.8) is 0 Å². The maximum absolute atomic E-state index is 4.30. The Hall–Kier alpha value is -0.650. The van der Waals surface area contributed by atoms with Crippen molar-refractivity contribution in [2.24, 2.45) is 0 Å². The van der Waals surface area contributed by atoms with Crippen molar-refractivity contribution < 1.29 is 0 Å². The summed E-state index contributed by atoms with van der Waals surface area (Å²) < 4.78 is 0. The molecule has 1 rings (SSSR count). The molecule has 0 radical (unpaired) electrons. The second-order valence-corrected chi connectivity index (χ2v) is 5.37. The van der Waals surface area contributed by atoms with E-state index in [-0.39, 0.29) is 0 Å². The van der Waals surface area contributed by atoms with Crippen LogP contribution in [0.25, 0.3) is 0 Å². The Kier molecular flexibility index (Phi) is 7.16. The summed E-state index contributed by atoms with van der Waals surface area (Å²) in [5, 5.41) is 4.26. The van der Waals surface area contributed by atoms with Gasteiger partial charge in [-0.25, -0.2) is 9.97 Å². The summed E-state index contributed by atoms with van der Waals surface area (Å²) in [6.07, 6.45) is 4.98. The van der Waals surface area contributed by atoms with Gasteiger partial charge in [-0.1, -0.05) is 18.7 Å². The molecule has 1 aromatic heterocycles. The van der Waals surface area contributed by atoms with Crippen LogP contribution >= 0.6 is 11.8 Å². The van der Waals surface area contributed by atoms with Crippen LogP contribution in [0.3, 0.4) is 0 Å². The Bertz CT molecular complexity index is 300. The summed E-state index contributed by atoms with van der Waals surface area (Å²) in [6.45, 7) is 5.11. The molecule has 0 fully saturated rings. The van der Waals surface area contributed by atoms with Gasteiger partial charge in [0.05, 0.1) is 0 Å². The summed E-state index contributed by atoms with van der Waals surface area (Å²) in [6, 6.07) is 0. The molecular formula is C12H22N4S. The molecule has 0 saturated heterocycles. The van der Waals surface area contributed by atoms with E-state index in [1.165, 1.54) is 0 Å². The highest BCUT2D eigenvalue weighted by molar-refractivity contribution is 7.99. The van der Waals surface area contributed by atoms with E-state index in [9.17, 15) is 0 Å². The largest absolute Gasteiger partial charge is 0.313 e. The number of thioether (sulfide) groups is 1. The maximum Gasteiger partial charge on any atom is 0.187 e. The zero-order valence-corrected chi connectivity index (χ0v) is 11.8. The maximum atomic E-state index is 4.30. The number of nitrogens with zero attached hydrogens (tertiary/aromatic N) is 3. The fourth-order valence-corrected chi connectivity index (χ4v) is 1.90. The van der Waals surface area contributed by atoms with Gasteiger partial charge in [0.1, 0.15) is 0 Å². The van der Waals surface area contributed by atoms with Crippen molar-refractivity contribution in [2.45, 2.75) is 25.0 Å². The zero-order valence-electron chi connectivity index (χ0n) is 10.9. The lowest BCUT2D eigenvalue weighted by molar-refractivity contribution is 0.394. The van der Waals surface area contributed by atoms with Gasteiger partial charge in [0.25, 0.3) is 0 Å². The second-order valence-electron chi connectivity index (χ2n) is 4.14. The highest BCUT2D eigenvalue weighted by Gasteiger charge is 1.97. The summed E-state index contributed by atoms with van der Waals surface area (Å²) in [4.78, 5) is 10.8. The molecule has 0 saturated carbocycles. The van der Waals surface area contributed by atoms with Gasteiger partial charge in [0.2, 0.25) is 0 Å². The molecule has 17 heavy (non-hydrogen) atoms. The van der Waals surface area contributed by atoms with Crippen LogP contribution in [0.4, 0.5) is 0 Å². The molecule has 0 aliphatic carbocycles. The van der Waals surface area contributed by atoms with Gasteiger partial charge >= 0.3 is 0 Å². The Morgan fingerprint density at radius 3 is 2.59 bits per heavy atom. The molecule has 0 spiro atoms. The predicted octanol–water partition coefficient (Wildman–Crippen LogP) is 1.63. The van der Waals surface area contributed by atoms with Crippen LogP contribution in [0.1, 0.15) is 18.9 Å². The van der Waals surface area contributed by atoms with Crippen molar-refractivity contribution >= 4 is 11.8 Å². The molecule has 1 aromatic rings. The monoisotopic (exact) mass is 254 g/mol. The highest BCUT2D eigenvalue weighted by atomic mass is 32.2. The Morgan fingerprint density at radius 1 is 1.29 bits per heavy atom. The first-order chi connectivity index (χ1) is 8.22. The molecule has 0 aliphatic rings. The quantitative estimate of drug-likeness (QED) is 0.434. The van der Waals surface area contributed by atoms with Crippen LogP contribution in [0.5, 0.6) is 0 Å². The van der Waals surface area contributed by atoms with Gasteiger partial charge in [-0.3, -0.25) is 0 Å². The van der Waals surface area contributed by atoms with Crippen molar-refractivity contribution in [2.75, 3.05) is 32.9 Å². The minimum Gasteiger partial charge on any atom is -0.313 e. The zero-order chi connectivity index (χ0) is 12.5. The lowest BCUT2D eigenvalue weighted by atomic mass is 10.3. The lowest BCUT2D eigenvalue weighted by Gasteiger charge is -2.09. The van der Waals surface area contributed by atoms with Crippen molar-refractivity contribution in [1.29, 1.82) is 0 Å². The SMILES string of the molecule is CCSc1ncc(CNCCCN(C)C)cn1. The van der Waals surface area contributed by atoms with Crippen molar-refractivity contribution in [1.82, 2.24) is 20.2 Å². The van der Waals surface area contributed by atoms with Crippen LogP contribution in [0.15, 0.2) is 17.6 Å². The van der Waals surface area contributed by atoms with Crippen LogP contribution in [0, 0.1) is 0 Å². The first-order valence-electron chi connectivity index (χ1n) is 6.01. The predicted molar refractivity (Wildman–Crippen MR) is 73.3 cm³/mol. The topological polar surface area (TPSA) is 41.1 Å². The molecule has 96 valence electrons. The van der Waals surface area contributed by atoms with E-state index in [1.807, 2.05) is 12.4 Å². The Labute approximate surface area is 108 Å². The molecule has 0 unspecified atom stereocenters. The van der Waals surface area contributed by atoms with Crippen LogP contribution in [0.2, 0.25) is 0 Å². The molecule has 5 heteroatoms. The first-order valence-corrected chi connectivity index (χ1v) is 7.00. The molecule has 0 aliphatic heterocycles. The fraction of sp³-hybridized carbons (Fsp3) is 0.667. The number of nitrogens with one attached hydrogen (secondary N) is 1. The van der Waals surface area contributed by atoms with E-state index >= 15 is 0 Å². The normalized spacial score (nSPS) is 11.1. The number of aromatic nitrogens is 2. The third-order valence-electron chi connectivity index (χ3n) is 2.24. The Balaban J connectivity index is 2.18. The minimum atomic E-state index is 0.852. The van der Waals surface area contributed by atoms with Gasteiger partial charge in [0, 0.05) is 24.5 Å². The van der Waals surface area contributed by atoms with Gasteiger partial charge < -0.3 is 10.2 Å². The average Bonchev–Trinajstić information content (AvgIpc) is 2.31. The number of hydrogen-bond donors (Lipinski definition) is 1. The molecule has 1 N–H and O–H groups in total. The molecule has 1 heterocycles. The first kappa shape index (κ1) is 14.4.